The molecule has 2 aromatic rings. The largest absolute Gasteiger partial charge is 0.391 e. The molecular weight excluding hydrogens is 374 g/mol. The molecule has 0 atom stereocenters. The number of hydrogen-bond acceptors (Lipinski definition) is 4. The van der Waals surface area contributed by atoms with Crippen LogP contribution in [0.15, 0.2) is 39.0 Å². The van der Waals surface area contributed by atoms with E-state index >= 15 is 0 Å². The molecule has 0 bridgehead atoms. The van der Waals surface area contributed by atoms with Gasteiger partial charge >= 0.3 is 0 Å². The van der Waals surface area contributed by atoms with Crippen LogP contribution < -0.4 is 4.72 Å². The molecule has 0 fully saturated rings. The molecule has 0 saturated carbocycles. The number of anilines is 1. The molecule has 102 valence electrons. The van der Waals surface area contributed by atoms with Crippen LogP contribution in [0.25, 0.3) is 0 Å². The molecule has 0 amide bonds. The maximum atomic E-state index is 12.1. The van der Waals surface area contributed by atoms with Crippen molar-refractivity contribution in [2.45, 2.75) is 11.5 Å². The highest BCUT2D eigenvalue weighted by molar-refractivity contribution is 9.10. The van der Waals surface area contributed by atoms with Crippen molar-refractivity contribution in [3.63, 3.8) is 0 Å². The molecule has 8 heteroatoms. The van der Waals surface area contributed by atoms with E-state index in [1.807, 2.05) is 0 Å². The quantitative estimate of drug-likeness (QED) is 0.851. The molecule has 1 aromatic carbocycles. The van der Waals surface area contributed by atoms with Gasteiger partial charge in [-0.15, -0.1) is 11.3 Å². The van der Waals surface area contributed by atoms with Crippen LogP contribution in [0.2, 0.25) is 5.02 Å². The Labute approximate surface area is 128 Å². The predicted octanol–water partition coefficient (Wildman–Crippen LogP) is 3.46. The van der Waals surface area contributed by atoms with Crippen LogP contribution in [0.1, 0.15) is 4.88 Å². The lowest BCUT2D eigenvalue weighted by Crippen LogP contribution is -2.12. The van der Waals surface area contributed by atoms with Crippen LogP contribution in [0.5, 0.6) is 0 Å². The maximum Gasteiger partial charge on any atom is 0.262 e. The smallest absolute Gasteiger partial charge is 0.262 e. The standard InChI is InChI=1S/C11H9BrClNO3S2/c12-10-3-7(13)1-2-11(10)14-19(16,17)9-4-8(5-15)18-6-9/h1-4,6,14-15H,5H2. The van der Waals surface area contributed by atoms with E-state index in [1.165, 1.54) is 22.8 Å². The van der Waals surface area contributed by atoms with Crippen LogP contribution in [0.3, 0.4) is 0 Å². The number of nitrogens with one attached hydrogen (secondary N) is 1. The highest BCUT2D eigenvalue weighted by atomic mass is 79.9. The van der Waals surface area contributed by atoms with Crippen LogP contribution in [0.4, 0.5) is 5.69 Å². The van der Waals surface area contributed by atoms with Gasteiger partial charge in [0.25, 0.3) is 10.0 Å². The van der Waals surface area contributed by atoms with Gasteiger partial charge in [-0.3, -0.25) is 4.72 Å². The Balaban J connectivity index is 2.30. The van der Waals surface area contributed by atoms with Gasteiger partial charge in [-0.1, -0.05) is 11.6 Å². The Kier molecular flexibility index (Phi) is 4.52. The van der Waals surface area contributed by atoms with Crippen molar-refractivity contribution in [1.29, 1.82) is 0 Å². The normalized spacial score (nSPS) is 11.5. The second-order valence-electron chi connectivity index (χ2n) is 3.64. The van der Waals surface area contributed by atoms with Crippen molar-refractivity contribution < 1.29 is 13.5 Å². The van der Waals surface area contributed by atoms with E-state index in [-0.39, 0.29) is 11.5 Å². The monoisotopic (exact) mass is 381 g/mol. The fraction of sp³-hybridized carbons (Fsp3) is 0.0909. The zero-order valence-corrected chi connectivity index (χ0v) is 13.4. The molecule has 0 spiro atoms. The van der Waals surface area contributed by atoms with E-state index in [0.29, 0.717) is 20.1 Å². The van der Waals surface area contributed by atoms with Gasteiger partial charge in [0, 0.05) is 19.8 Å². The number of halogens is 2. The minimum atomic E-state index is -3.66. The van der Waals surface area contributed by atoms with E-state index in [1.54, 1.807) is 18.2 Å². The third-order valence-corrected chi connectivity index (χ3v) is 5.58. The highest BCUT2D eigenvalue weighted by Gasteiger charge is 2.17. The van der Waals surface area contributed by atoms with E-state index < -0.39 is 10.0 Å². The zero-order chi connectivity index (χ0) is 14.0. The minimum Gasteiger partial charge on any atom is -0.391 e. The number of aliphatic hydroxyl groups is 1. The SMILES string of the molecule is O=S(=O)(Nc1ccc(Cl)cc1Br)c1csc(CO)c1. The molecule has 19 heavy (non-hydrogen) atoms. The Morgan fingerprint density at radius 1 is 1.37 bits per heavy atom. The van der Waals surface area contributed by atoms with Crippen LogP contribution in [0, 0.1) is 0 Å². The van der Waals surface area contributed by atoms with E-state index in [4.69, 9.17) is 16.7 Å². The number of rotatable bonds is 4. The molecule has 0 aliphatic heterocycles. The second-order valence-corrected chi connectivity index (χ2v) is 7.61. The lowest BCUT2D eigenvalue weighted by atomic mass is 10.3. The summed E-state index contributed by atoms with van der Waals surface area (Å²) < 4.78 is 27.3. The first-order chi connectivity index (χ1) is 8.92. The molecular formula is C11H9BrClNO3S2. The van der Waals surface area contributed by atoms with Crippen molar-refractivity contribution in [1.82, 2.24) is 0 Å². The summed E-state index contributed by atoms with van der Waals surface area (Å²) in [4.78, 5) is 0.721. The fourth-order valence-corrected chi connectivity index (χ4v) is 4.49. The molecule has 0 aliphatic rings. The minimum absolute atomic E-state index is 0.128. The molecule has 1 aromatic heterocycles. The summed E-state index contributed by atoms with van der Waals surface area (Å²) in [5.74, 6) is 0. The Hall–Kier alpha value is -0.600. The van der Waals surface area contributed by atoms with Crippen molar-refractivity contribution in [2.75, 3.05) is 4.72 Å². The van der Waals surface area contributed by atoms with Gasteiger partial charge in [0.2, 0.25) is 0 Å². The van der Waals surface area contributed by atoms with E-state index in [0.717, 1.165) is 0 Å². The molecule has 0 radical (unpaired) electrons. The van der Waals surface area contributed by atoms with E-state index in [9.17, 15) is 8.42 Å². The predicted molar refractivity (Wildman–Crippen MR) is 80.2 cm³/mol. The first kappa shape index (κ1) is 14.8. The molecule has 1 heterocycles. The summed E-state index contributed by atoms with van der Waals surface area (Å²) in [7, 11) is -3.66. The Morgan fingerprint density at radius 3 is 2.68 bits per heavy atom. The molecule has 0 saturated heterocycles. The molecule has 4 nitrogen and oxygen atoms in total. The zero-order valence-electron chi connectivity index (χ0n) is 9.43. The average molecular weight is 383 g/mol. The van der Waals surface area contributed by atoms with E-state index in [2.05, 4.69) is 20.7 Å². The van der Waals surface area contributed by atoms with Gasteiger partial charge < -0.3 is 5.11 Å². The van der Waals surface area contributed by atoms with Crippen molar-refractivity contribution in [3.05, 3.63) is 44.0 Å². The Morgan fingerprint density at radius 2 is 2.11 bits per heavy atom. The number of sulfonamides is 1. The van der Waals surface area contributed by atoms with Gasteiger partial charge in [-0.25, -0.2) is 8.42 Å². The lowest BCUT2D eigenvalue weighted by Gasteiger charge is -2.08. The Bertz CT molecular complexity index is 700. The van der Waals surface area contributed by atoms with Gasteiger partial charge in [0.1, 0.15) is 0 Å². The first-order valence-corrected chi connectivity index (χ1v) is 8.62. The number of aliphatic hydroxyl groups excluding tert-OH is 1. The summed E-state index contributed by atoms with van der Waals surface area (Å²) in [6.07, 6.45) is 0. The average Bonchev–Trinajstić information content (AvgIpc) is 2.82. The maximum absolute atomic E-state index is 12.1. The lowest BCUT2D eigenvalue weighted by molar-refractivity contribution is 0.285. The van der Waals surface area contributed by atoms with Gasteiger partial charge in [0.05, 0.1) is 17.2 Å². The summed E-state index contributed by atoms with van der Waals surface area (Å²) in [6, 6.07) is 6.21. The number of thiophene rings is 1. The molecule has 2 N–H and O–H groups in total. The highest BCUT2D eigenvalue weighted by Crippen LogP contribution is 2.29. The van der Waals surface area contributed by atoms with Crippen molar-refractivity contribution in [3.8, 4) is 0 Å². The topological polar surface area (TPSA) is 66.4 Å². The molecule has 2 rings (SSSR count). The third kappa shape index (κ3) is 3.49. The van der Waals surface area contributed by atoms with Crippen LogP contribution in [-0.4, -0.2) is 13.5 Å². The van der Waals surface area contributed by atoms with Crippen LogP contribution >= 0.6 is 38.9 Å². The van der Waals surface area contributed by atoms with Gasteiger partial charge in [0.15, 0.2) is 0 Å². The van der Waals surface area contributed by atoms with Gasteiger partial charge in [-0.2, -0.15) is 0 Å². The number of hydrogen-bond donors (Lipinski definition) is 2. The second kappa shape index (κ2) is 5.80. The molecule has 0 unspecified atom stereocenters. The van der Waals surface area contributed by atoms with Gasteiger partial charge in [-0.05, 0) is 40.2 Å². The molecule has 0 aliphatic carbocycles. The fourth-order valence-electron chi connectivity index (χ4n) is 1.36. The summed E-state index contributed by atoms with van der Waals surface area (Å²) >= 11 is 10.2. The number of benzene rings is 1. The summed E-state index contributed by atoms with van der Waals surface area (Å²) in [5.41, 5.74) is 0.404. The summed E-state index contributed by atoms with van der Waals surface area (Å²) in [6.45, 7) is -0.176. The van der Waals surface area contributed by atoms with Crippen molar-refractivity contribution >= 4 is 54.6 Å². The van der Waals surface area contributed by atoms with Crippen LogP contribution in [-0.2, 0) is 16.6 Å². The van der Waals surface area contributed by atoms with Crippen molar-refractivity contribution in [2.24, 2.45) is 0 Å². The summed E-state index contributed by atoms with van der Waals surface area (Å²) in [5, 5.41) is 10.9. The third-order valence-electron chi connectivity index (χ3n) is 2.27. The first-order valence-electron chi connectivity index (χ1n) is 5.08.